The van der Waals surface area contributed by atoms with Crippen LogP contribution >= 0.6 is 43.2 Å². The molecule has 2 N–H and O–H groups in total. The molecule has 1 aromatic heterocycles. The standard InChI is InChI=1S/C14H17Br2NO3S/c15-9-7-10(21-11(9)16)12(18)17-8-14(13(19)20)5-3-1-2-4-6-14/h7H,1-6,8H2,(H,17,18)(H,19,20). The van der Waals surface area contributed by atoms with E-state index in [1.54, 1.807) is 6.07 Å². The van der Waals surface area contributed by atoms with Crippen LogP contribution in [-0.2, 0) is 4.79 Å². The lowest BCUT2D eigenvalue weighted by molar-refractivity contribution is -0.149. The molecule has 1 aliphatic carbocycles. The van der Waals surface area contributed by atoms with Crippen molar-refractivity contribution < 1.29 is 14.7 Å². The molecule has 1 heterocycles. The molecule has 0 radical (unpaired) electrons. The van der Waals surface area contributed by atoms with Crippen LogP contribution in [0.15, 0.2) is 14.3 Å². The largest absolute Gasteiger partial charge is 0.481 e. The zero-order chi connectivity index (χ0) is 15.5. The minimum absolute atomic E-state index is 0.203. The number of nitrogens with one attached hydrogen (secondary N) is 1. The molecule has 116 valence electrons. The van der Waals surface area contributed by atoms with E-state index in [1.807, 2.05) is 0 Å². The number of carbonyl (C=O) groups excluding carboxylic acids is 1. The summed E-state index contributed by atoms with van der Waals surface area (Å²) in [7, 11) is 0. The van der Waals surface area contributed by atoms with Gasteiger partial charge < -0.3 is 10.4 Å². The van der Waals surface area contributed by atoms with Gasteiger partial charge in [0.1, 0.15) is 0 Å². The Labute approximate surface area is 144 Å². The van der Waals surface area contributed by atoms with Gasteiger partial charge in [-0.05, 0) is 50.8 Å². The maximum atomic E-state index is 12.2. The molecule has 4 nitrogen and oxygen atoms in total. The second-order valence-electron chi connectivity index (χ2n) is 5.41. The van der Waals surface area contributed by atoms with Crippen molar-refractivity contribution in [1.82, 2.24) is 5.32 Å². The third-order valence-corrected chi connectivity index (χ3v) is 7.23. The number of hydrogen-bond donors (Lipinski definition) is 2. The van der Waals surface area contributed by atoms with Crippen molar-refractivity contribution in [2.45, 2.75) is 38.5 Å². The van der Waals surface area contributed by atoms with E-state index in [-0.39, 0.29) is 12.5 Å². The highest BCUT2D eigenvalue weighted by molar-refractivity contribution is 9.13. The smallest absolute Gasteiger partial charge is 0.311 e. The molecule has 1 fully saturated rings. The molecule has 2 rings (SSSR count). The van der Waals surface area contributed by atoms with Gasteiger partial charge in [0.15, 0.2) is 0 Å². The van der Waals surface area contributed by atoms with Crippen LogP contribution in [0.25, 0.3) is 0 Å². The van der Waals surface area contributed by atoms with Crippen molar-refractivity contribution in [3.8, 4) is 0 Å². The number of thiophene rings is 1. The maximum absolute atomic E-state index is 12.2. The predicted molar refractivity (Wildman–Crippen MR) is 89.8 cm³/mol. The lowest BCUT2D eigenvalue weighted by Gasteiger charge is -2.28. The van der Waals surface area contributed by atoms with Gasteiger partial charge in [-0.3, -0.25) is 9.59 Å². The van der Waals surface area contributed by atoms with Crippen molar-refractivity contribution >= 4 is 55.1 Å². The highest BCUT2D eigenvalue weighted by Gasteiger charge is 2.39. The quantitative estimate of drug-likeness (QED) is 0.683. The van der Waals surface area contributed by atoms with Crippen LogP contribution in [0.3, 0.4) is 0 Å². The van der Waals surface area contributed by atoms with Crippen molar-refractivity contribution in [2.24, 2.45) is 5.41 Å². The summed E-state index contributed by atoms with van der Waals surface area (Å²) in [4.78, 5) is 24.4. The van der Waals surface area contributed by atoms with Crippen LogP contribution in [0.1, 0.15) is 48.2 Å². The minimum Gasteiger partial charge on any atom is -0.481 e. The number of carboxylic acids is 1. The maximum Gasteiger partial charge on any atom is 0.311 e. The zero-order valence-corrected chi connectivity index (χ0v) is 15.4. The summed E-state index contributed by atoms with van der Waals surface area (Å²) < 4.78 is 1.69. The third kappa shape index (κ3) is 4.07. The highest BCUT2D eigenvalue weighted by Crippen LogP contribution is 2.35. The van der Waals surface area contributed by atoms with Crippen LogP contribution in [0.5, 0.6) is 0 Å². The van der Waals surface area contributed by atoms with E-state index in [2.05, 4.69) is 37.2 Å². The molecule has 7 heteroatoms. The van der Waals surface area contributed by atoms with Crippen LogP contribution < -0.4 is 5.32 Å². The summed E-state index contributed by atoms with van der Waals surface area (Å²) in [5.74, 6) is -1.01. The summed E-state index contributed by atoms with van der Waals surface area (Å²) in [6, 6.07) is 1.74. The SMILES string of the molecule is O=C(NCC1(C(=O)O)CCCCCC1)c1cc(Br)c(Br)s1. The molecule has 1 saturated carbocycles. The fourth-order valence-electron chi connectivity index (χ4n) is 2.67. The van der Waals surface area contributed by atoms with Crippen LogP contribution in [-0.4, -0.2) is 23.5 Å². The van der Waals surface area contributed by atoms with Gasteiger partial charge in [0.05, 0.1) is 14.1 Å². The minimum atomic E-state index is -0.808. The Morgan fingerprint density at radius 1 is 1.24 bits per heavy atom. The van der Waals surface area contributed by atoms with E-state index >= 15 is 0 Å². The molecule has 1 aromatic rings. The Bertz CT molecular complexity index is 517. The molecular formula is C14H17Br2NO3S. The van der Waals surface area contributed by atoms with Crippen molar-refractivity contribution in [3.05, 3.63) is 19.2 Å². The molecule has 21 heavy (non-hydrogen) atoms. The van der Waals surface area contributed by atoms with E-state index in [9.17, 15) is 14.7 Å². The van der Waals surface area contributed by atoms with Gasteiger partial charge in [-0.15, -0.1) is 11.3 Å². The Morgan fingerprint density at radius 3 is 2.33 bits per heavy atom. The first kappa shape index (κ1) is 17.0. The highest BCUT2D eigenvalue weighted by atomic mass is 79.9. The van der Waals surface area contributed by atoms with E-state index < -0.39 is 11.4 Å². The second kappa shape index (κ2) is 7.24. The lowest BCUT2D eigenvalue weighted by Crippen LogP contribution is -2.42. The Hall–Kier alpha value is -0.400. The predicted octanol–water partition coefficient (Wildman–Crippen LogP) is 4.43. The fraction of sp³-hybridized carbons (Fsp3) is 0.571. The third-order valence-electron chi connectivity index (χ3n) is 3.97. The molecule has 0 atom stereocenters. The average molecular weight is 439 g/mol. The topological polar surface area (TPSA) is 66.4 Å². The first-order valence-corrected chi connectivity index (χ1v) is 9.31. The second-order valence-corrected chi connectivity index (χ2v) is 8.64. The number of amides is 1. The van der Waals surface area contributed by atoms with Crippen LogP contribution in [0, 0.1) is 5.41 Å². The van der Waals surface area contributed by atoms with E-state index in [0.29, 0.717) is 17.7 Å². The normalized spacial score (nSPS) is 18.0. The number of aliphatic carboxylic acids is 1. The Morgan fingerprint density at radius 2 is 1.86 bits per heavy atom. The summed E-state index contributed by atoms with van der Waals surface area (Å²) in [6.07, 6.45) is 5.26. The fourth-order valence-corrected chi connectivity index (χ4v) is 4.62. The van der Waals surface area contributed by atoms with Gasteiger partial charge in [-0.2, -0.15) is 0 Å². The molecule has 0 aliphatic heterocycles. The molecule has 0 spiro atoms. The van der Waals surface area contributed by atoms with Crippen molar-refractivity contribution in [1.29, 1.82) is 0 Å². The Kier molecular flexibility index (Phi) is 5.85. The van der Waals surface area contributed by atoms with Crippen molar-refractivity contribution in [3.63, 3.8) is 0 Å². The van der Waals surface area contributed by atoms with Gasteiger partial charge in [0, 0.05) is 11.0 Å². The summed E-state index contributed by atoms with van der Waals surface area (Å²) in [6.45, 7) is 0.203. The number of carbonyl (C=O) groups is 2. The van der Waals surface area contributed by atoms with E-state index in [0.717, 1.165) is 33.9 Å². The van der Waals surface area contributed by atoms with Crippen LogP contribution in [0.4, 0.5) is 0 Å². The summed E-state index contributed by atoms with van der Waals surface area (Å²) in [5, 5.41) is 12.4. The van der Waals surface area contributed by atoms with E-state index in [1.165, 1.54) is 11.3 Å². The Balaban J connectivity index is 2.04. The molecule has 0 unspecified atom stereocenters. The molecule has 0 bridgehead atoms. The van der Waals surface area contributed by atoms with Crippen LogP contribution in [0.2, 0.25) is 0 Å². The van der Waals surface area contributed by atoms with Gasteiger partial charge >= 0.3 is 5.97 Å². The lowest BCUT2D eigenvalue weighted by atomic mass is 9.80. The molecule has 0 saturated heterocycles. The first-order valence-electron chi connectivity index (χ1n) is 6.91. The van der Waals surface area contributed by atoms with Crippen molar-refractivity contribution in [2.75, 3.05) is 6.54 Å². The molecule has 1 amide bonds. The monoisotopic (exact) mass is 437 g/mol. The van der Waals surface area contributed by atoms with Gasteiger partial charge in [-0.25, -0.2) is 0 Å². The average Bonchev–Trinajstić information content (AvgIpc) is 2.67. The number of halogens is 2. The molecular weight excluding hydrogens is 422 g/mol. The van der Waals surface area contributed by atoms with Gasteiger partial charge in [-0.1, -0.05) is 25.7 Å². The first-order chi connectivity index (χ1) is 9.94. The summed E-state index contributed by atoms with van der Waals surface area (Å²) in [5.41, 5.74) is -0.808. The number of rotatable bonds is 4. The number of hydrogen-bond acceptors (Lipinski definition) is 3. The van der Waals surface area contributed by atoms with Gasteiger partial charge in [0.2, 0.25) is 0 Å². The van der Waals surface area contributed by atoms with Gasteiger partial charge in [0.25, 0.3) is 5.91 Å². The zero-order valence-electron chi connectivity index (χ0n) is 11.5. The molecule has 1 aliphatic rings. The summed E-state index contributed by atoms with van der Waals surface area (Å²) >= 11 is 8.03. The van der Waals surface area contributed by atoms with E-state index in [4.69, 9.17) is 0 Å². The molecule has 0 aromatic carbocycles. The number of carboxylic acid groups (broad SMARTS) is 1.